The van der Waals surface area contributed by atoms with Crippen molar-refractivity contribution in [3.8, 4) is 0 Å². The first-order valence-electron chi connectivity index (χ1n) is 6.77. The molecular formula is C15H19BrN4. The molecule has 2 rings (SSSR count). The van der Waals surface area contributed by atoms with Crippen LogP contribution in [-0.4, -0.2) is 16.5 Å². The average molecular weight is 335 g/mol. The lowest BCUT2D eigenvalue weighted by Crippen LogP contribution is -2.05. The van der Waals surface area contributed by atoms with Gasteiger partial charge in [0.1, 0.15) is 17.5 Å². The number of nitrogens with zero attached hydrogens (tertiary/aromatic N) is 2. The second-order valence-corrected chi connectivity index (χ2v) is 5.40. The number of hydrogen-bond donors (Lipinski definition) is 2. The van der Waals surface area contributed by atoms with Crippen molar-refractivity contribution in [2.24, 2.45) is 0 Å². The lowest BCUT2D eigenvalue weighted by Gasteiger charge is -2.11. The van der Waals surface area contributed by atoms with Crippen LogP contribution < -0.4 is 10.6 Å². The van der Waals surface area contributed by atoms with E-state index in [2.05, 4.69) is 69.4 Å². The van der Waals surface area contributed by atoms with Crippen molar-refractivity contribution in [2.75, 3.05) is 17.2 Å². The summed E-state index contributed by atoms with van der Waals surface area (Å²) in [7, 11) is 0. The summed E-state index contributed by atoms with van der Waals surface area (Å²) in [6.07, 6.45) is 0.808. The number of aryl methyl sites for hydroxylation is 2. The molecule has 0 amide bonds. The monoisotopic (exact) mass is 334 g/mol. The minimum atomic E-state index is 0.805. The molecule has 5 heteroatoms. The largest absolute Gasteiger partial charge is 0.370 e. The minimum absolute atomic E-state index is 0.805. The number of rotatable bonds is 5. The van der Waals surface area contributed by atoms with Crippen molar-refractivity contribution in [1.82, 2.24) is 9.97 Å². The molecule has 2 aromatic rings. The zero-order chi connectivity index (χ0) is 14.5. The van der Waals surface area contributed by atoms with Crippen LogP contribution in [0.4, 0.5) is 17.3 Å². The SMILES string of the molecule is CCNc1cc(Nc2cc(C)ccc2Br)nc(CC)n1. The van der Waals surface area contributed by atoms with Crippen molar-refractivity contribution in [3.63, 3.8) is 0 Å². The molecule has 4 nitrogen and oxygen atoms in total. The third-order valence-corrected chi connectivity index (χ3v) is 3.52. The fraction of sp³-hybridized carbons (Fsp3) is 0.333. The van der Waals surface area contributed by atoms with Crippen molar-refractivity contribution in [3.05, 3.63) is 40.1 Å². The fourth-order valence-electron chi connectivity index (χ4n) is 1.86. The smallest absolute Gasteiger partial charge is 0.136 e. The Hall–Kier alpha value is -1.62. The van der Waals surface area contributed by atoms with Gasteiger partial charge in [0.2, 0.25) is 0 Å². The van der Waals surface area contributed by atoms with E-state index in [1.807, 2.05) is 12.1 Å². The summed E-state index contributed by atoms with van der Waals surface area (Å²) in [5, 5.41) is 6.58. The van der Waals surface area contributed by atoms with Gasteiger partial charge in [0.05, 0.1) is 5.69 Å². The van der Waals surface area contributed by atoms with Crippen molar-refractivity contribution in [1.29, 1.82) is 0 Å². The molecule has 1 aromatic carbocycles. The Bertz CT molecular complexity index is 598. The number of nitrogens with one attached hydrogen (secondary N) is 2. The molecule has 0 aliphatic rings. The Kier molecular flexibility index (Phi) is 4.95. The topological polar surface area (TPSA) is 49.8 Å². The zero-order valence-corrected chi connectivity index (χ0v) is 13.6. The van der Waals surface area contributed by atoms with E-state index < -0.39 is 0 Å². The van der Waals surface area contributed by atoms with Gasteiger partial charge in [-0.3, -0.25) is 0 Å². The Morgan fingerprint density at radius 2 is 1.85 bits per heavy atom. The summed E-state index contributed by atoms with van der Waals surface area (Å²) in [5.41, 5.74) is 2.21. The third-order valence-electron chi connectivity index (χ3n) is 2.83. The highest BCUT2D eigenvalue weighted by molar-refractivity contribution is 9.10. The van der Waals surface area contributed by atoms with Gasteiger partial charge in [0, 0.05) is 23.5 Å². The standard InChI is InChI=1S/C15H19BrN4/c1-4-13-19-14(17-5-2)9-15(20-13)18-12-8-10(3)6-7-11(12)16/h6-9H,4-5H2,1-3H3,(H2,17,18,19,20). The number of halogens is 1. The maximum atomic E-state index is 4.52. The van der Waals surface area contributed by atoms with Gasteiger partial charge in [-0.15, -0.1) is 0 Å². The van der Waals surface area contributed by atoms with Gasteiger partial charge < -0.3 is 10.6 Å². The zero-order valence-electron chi connectivity index (χ0n) is 12.0. The van der Waals surface area contributed by atoms with Crippen LogP contribution >= 0.6 is 15.9 Å². The average Bonchev–Trinajstić information content (AvgIpc) is 2.43. The summed E-state index contributed by atoms with van der Waals surface area (Å²) in [6.45, 7) is 7.02. The van der Waals surface area contributed by atoms with Crippen LogP contribution in [0.2, 0.25) is 0 Å². The Balaban J connectivity index is 2.32. The molecular weight excluding hydrogens is 316 g/mol. The van der Waals surface area contributed by atoms with Gasteiger partial charge in [-0.1, -0.05) is 13.0 Å². The van der Waals surface area contributed by atoms with Gasteiger partial charge in [-0.05, 0) is 47.5 Å². The summed E-state index contributed by atoms with van der Waals surface area (Å²) in [5.74, 6) is 2.49. The molecule has 0 atom stereocenters. The molecule has 0 saturated carbocycles. The van der Waals surface area contributed by atoms with Crippen molar-refractivity contribution in [2.45, 2.75) is 27.2 Å². The van der Waals surface area contributed by atoms with Crippen LogP contribution in [-0.2, 0) is 6.42 Å². The van der Waals surface area contributed by atoms with Crippen LogP contribution in [0.15, 0.2) is 28.7 Å². The van der Waals surface area contributed by atoms with Crippen LogP contribution in [0.5, 0.6) is 0 Å². The minimum Gasteiger partial charge on any atom is -0.370 e. The van der Waals surface area contributed by atoms with Gasteiger partial charge in [-0.25, -0.2) is 9.97 Å². The van der Waals surface area contributed by atoms with Gasteiger partial charge >= 0.3 is 0 Å². The molecule has 1 aromatic heterocycles. The highest BCUT2D eigenvalue weighted by Crippen LogP contribution is 2.26. The molecule has 2 N–H and O–H groups in total. The number of hydrogen-bond acceptors (Lipinski definition) is 4. The maximum Gasteiger partial charge on any atom is 0.136 e. The molecule has 20 heavy (non-hydrogen) atoms. The summed E-state index contributed by atoms with van der Waals surface area (Å²) in [6, 6.07) is 8.11. The molecule has 1 heterocycles. The molecule has 0 bridgehead atoms. The molecule has 0 aliphatic carbocycles. The fourth-order valence-corrected chi connectivity index (χ4v) is 2.21. The predicted octanol–water partition coefficient (Wildman–Crippen LogP) is 4.29. The van der Waals surface area contributed by atoms with Gasteiger partial charge in [0.25, 0.3) is 0 Å². The van der Waals surface area contributed by atoms with Crippen LogP contribution in [0.25, 0.3) is 0 Å². The molecule has 0 unspecified atom stereocenters. The van der Waals surface area contributed by atoms with E-state index >= 15 is 0 Å². The molecule has 0 radical (unpaired) electrons. The second kappa shape index (κ2) is 6.70. The molecule has 0 aliphatic heterocycles. The quantitative estimate of drug-likeness (QED) is 0.856. The first-order chi connectivity index (χ1) is 9.62. The van der Waals surface area contributed by atoms with E-state index in [0.29, 0.717) is 0 Å². The Labute approximate surface area is 128 Å². The van der Waals surface area contributed by atoms with Crippen LogP contribution in [0.1, 0.15) is 25.2 Å². The lowest BCUT2D eigenvalue weighted by atomic mass is 10.2. The van der Waals surface area contributed by atoms with E-state index in [-0.39, 0.29) is 0 Å². The highest BCUT2D eigenvalue weighted by Gasteiger charge is 2.06. The van der Waals surface area contributed by atoms with E-state index in [4.69, 9.17) is 0 Å². The maximum absolute atomic E-state index is 4.52. The first-order valence-corrected chi connectivity index (χ1v) is 7.56. The first kappa shape index (κ1) is 14.8. The van der Waals surface area contributed by atoms with Crippen molar-refractivity contribution >= 4 is 33.3 Å². The second-order valence-electron chi connectivity index (χ2n) is 4.55. The van der Waals surface area contributed by atoms with Crippen molar-refractivity contribution < 1.29 is 0 Å². The van der Waals surface area contributed by atoms with E-state index in [1.165, 1.54) is 5.56 Å². The number of anilines is 3. The summed E-state index contributed by atoms with van der Waals surface area (Å²) < 4.78 is 1.02. The number of benzene rings is 1. The lowest BCUT2D eigenvalue weighted by molar-refractivity contribution is 0.939. The Morgan fingerprint density at radius 1 is 1.10 bits per heavy atom. The van der Waals surface area contributed by atoms with E-state index in [0.717, 1.165) is 40.6 Å². The summed E-state index contributed by atoms with van der Waals surface area (Å²) in [4.78, 5) is 8.97. The van der Waals surface area contributed by atoms with Gasteiger partial charge in [-0.2, -0.15) is 0 Å². The third kappa shape index (κ3) is 3.70. The Morgan fingerprint density at radius 3 is 2.55 bits per heavy atom. The highest BCUT2D eigenvalue weighted by atomic mass is 79.9. The molecule has 0 spiro atoms. The predicted molar refractivity (Wildman–Crippen MR) is 87.7 cm³/mol. The normalized spacial score (nSPS) is 10.4. The van der Waals surface area contributed by atoms with Crippen LogP contribution in [0, 0.1) is 6.92 Å². The number of aromatic nitrogens is 2. The molecule has 106 valence electrons. The summed E-state index contributed by atoms with van der Waals surface area (Å²) >= 11 is 3.55. The van der Waals surface area contributed by atoms with Crippen LogP contribution in [0.3, 0.4) is 0 Å². The molecule has 0 fully saturated rings. The van der Waals surface area contributed by atoms with E-state index in [9.17, 15) is 0 Å². The van der Waals surface area contributed by atoms with E-state index in [1.54, 1.807) is 0 Å². The molecule has 0 saturated heterocycles. The van der Waals surface area contributed by atoms with Gasteiger partial charge in [0.15, 0.2) is 0 Å².